The van der Waals surface area contributed by atoms with Gasteiger partial charge in [-0.15, -0.1) is 0 Å². The third-order valence-corrected chi connectivity index (χ3v) is 1.75. The summed E-state index contributed by atoms with van der Waals surface area (Å²) >= 11 is 0. The van der Waals surface area contributed by atoms with Gasteiger partial charge >= 0.3 is 5.97 Å². The first-order valence-corrected chi connectivity index (χ1v) is 4.54. The molecule has 0 spiro atoms. The van der Waals surface area contributed by atoms with E-state index in [1.54, 1.807) is 6.92 Å². The first kappa shape index (κ1) is 12.2. The van der Waals surface area contributed by atoms with E-state index in [4.69, 9.17) is 9.84 Å². The Morgan fingerprint density at radius 2 is 2.38 bits per heavy atom. The zero-order chi connectivity index (χ0) is 12.1. The van der Waals surface area contributed by atoms with Crippen LogP contribution in [0.3, 0.4) is 0 Å². The standard InChI is InChI=1S/C9H12N2O5/c1-5(4-15-2)10-8(12)6-3-7(9(13)14)16-11-6/h3,5H,4H2,1-2H3,(H,10,12)(H,13,14). The first-order valence-electron chi connectivity index (χ1n) is 4.54. The number of aromatic carboxylic acids is 1. The van der Waals surface area contributed by atoms with Crippen molar-refractivity contribution in [2.24, 2.45) is 0 Å². The molecule has 1 atom stereocenters. The molecule has 2 N–H and O–H groups in total. The number of carboxylic acids is 1. The summed E-state index contributed by atoms with van der Waals surface area (Å²) in [6.45, 7) is 2.11. The number of carboxylic acid groups (broad SMARTS) is 1. The largest absolute Gasteiger partial charge is 0.475 e. The van der Waals surface area contributed by atoms with Gasteiger partial charge in [0.2, 0.25) is 5.76 Å². The third-order valence-electron chi connectivity index (χ3n) is 1.75. The highest BCUT2D eigenvalue weighted by Crippen LogP contribution is 2.03. The van der Waals surface area contributed by atoms with Crippen LogP contribution in [0.1, 0.15) is 28.0 Å². The van der Waals surface area contributed by atoms with E-state index < -0.39 is 11.9 Å². The maximum atomic E-state index is 11.5. The Morgan fingerprint density at radius 1 is 1.69 bits per heavy atom. The van der Waals surface area contributed by atoms with E-state index in [0.29, 0.717) is 6.61 Å². The van der Waals surface area contributed by atoms with Crippen molar-refractivity contribution in [3.63, 3.8) is 0 Å². The van der Waals surface area contributed by atoms with Gasteiger partial charge in [0.15, 0.2) is 5.69 Å². The second kappa shape index (κ2) is 5.26. The van der Waals surface area contributed by atoms with Crippen molar-refractivity contribution in [3.8, 4) is 0 Å². The van der Waals surface area contributed by atoms with Crippen LogP contribution in [0.2, 0.25) is 0 Å². The summed E-state index contributed by atoms with van der Waals surface area (Å²) in [4.78, 5) is 22.0. The lowest BCUT2D eigenvalue weighted by Gasteiger charge is -2.10. The second-order valence-corrected chi connectivity index (χ2v) is 3.21. The van der Waals surface area contributed by atoms with E-state index in [1.165, 1.54) is 7.11 Å². The molecule has 0 aliphatic rings. The van der Waals surface area contributed by atoms with E-state index in [1.807, 2.05) is 0 Å². The van der Waals surface area contributed by atoms with Crippen LogP contribution in [0.4, 0.5) is 0 Å². The molecule has 1 aromatic rings. The molecule has 0 aromatic carbocycles. The highest BCUT2D eigenvalue weighted by atomic mass is 16.5. The average molecular weight is 228 g/mol. The van der Waals surface area contributed by atoms with Crippen molar-refractivity contribution < 1.29 is 24.0 Å². The molecule has 0 aliphatic carbocycles. The number of carbonyl (C=O) groups excluding carboxylic acids is 1. The fourth-order valence-corrected chi connectivity index (χ4v) is 1.07. The second-order valence-electron chi connectivity index (χ2n) is 3.21. The lowest BCUT2D eigenvalue weighted by Crippen LogP contribution is -2.35. The lowest BCUT2D eigenvalue weighted by molar-refractivity contribution is 0.0650. The number of carbonyl (C=O) groups is 2. The Balaban J connectivity index is 2.62. The molecule has 88 valence electrons. The van der Waals surface area contributed by atoms with Gasteiger partial charge in [-0.2, -0.15) is 0 Å². The summed E-state index contributed by atoms with van der Waals surface area (Å²) < 4.78 is 9.28. The van der Waals surface area contributed by atoms with Gasteiger partial charge in [-0.1, -0.05) is 5.16 Å². The lowest BCUT2D eigenvalue weighted by atomic mass is 10.3. The van der Waals surface area contributed by atoms with Gasteiger partial charge < -0.3 is 19.7 Å². The number of ether oxygens (including phenoxy) is 1. The Bertz CT molecular complexity index is 387. The van der Waals surface area contributed by atoms with Crippen LogP contribution in [-0.2, 0) is 4.74 Å². The highest BCUT2D eigenvalue weighted by molar-refractivity contribution is 5.94. The van der Waals surface area contributed by atoms with Crippen molar-refractivity contribution in [1.29, 1.82) is 0 Å². The van der Waals surface area contributed by atoms with Crippen LogP contribution in [0.25, 0.3) is 0 Å². The Labute approximate surface area is 91.4 Å². The minimum absolute atomic E-state index is 0.0691. The molecular formula is C9H12N2O5. The molecule has 7 heteroatoms. The predicted molar refractivity (Wildman–Crippen MR) is 52.3 cm³/mol. The number of amides is 1. The minimum atomic E-state index is -1.27. The van der Waals surface area contributed by atoms with E-state index >= 15 is 0 Å². The molecule has 1 heterocycles. The Hall–Kier alpha value is -1.89. The number of nitrogens with zero attached hydrogens (tertiary/aromatic N) is 1. The molecular weight excluding hydrogens is 216 g/mol. The molecule has 0 aliphatic heterocycles. The topological polar surface area (TPSA) is 102 Å². The van der Waals surface area contributed by atoms with Gasteiger partial charge in [-0.3, -0.25) is 4.79 Å². The van der Waals surface area contributed by atoms with Crippen molar-refractivity contribution >= 4 is 11.9 Å². The van der Waals surface area contributed by atoms with Crippen molar-refractivity contribution in [2.75, 3.05) is 13.7 Å². The molecule has 1 unspecified atom stereocenters. The average Bonchev–Trinajstić information content (AvgIpc) is 2.66. The van der Waals surface area contributed by atoms with Gasteiger partial charge in [0, 0.05) is 19.2 Å². The SMILES string of the molecule is COCC(C)NC(=O)c1cc(C(=O)O)on1. The summed E-state index contributed by atoms with van der Waals surface area (Å²) in [5, 5.41) is 14.5. The van der Waals surface area contributed by atoms with Crippen LogP contribution in [0, 0.1) is 0 Å². The number of aromatic nitrogens is 1. The number of rotatable bonds is 5. The van der Waals surface area contributed by atoms with Crippen molar-refractivity contribution in [2.45, 2.75) is 13.0 Å². The fraction of sp³-hybridized carbons (Fsp3) is 0.444. The van der Waals surface area contributed by atoms with Crippen molar-refractivity contribution in [1.82, 2.24) is 10.5 Å². The molecule has 0 fully saturated rings. The van der Waals surface area contributed by atoms with Crippen LogP contribution in [0.15, 0.2) is 10.6 Å². The van der Waals surface area contributed by atoms with E-state index in [2.05, 4.69) is 15.0 Å². The normalized spacial score (nSPS) is 12.1. The number of methoxy groups -OCH3 is 1. The van der Waals surface area contributed by atoms with Crippen LogP contribution in [-0.4, -0.2) is 41.9 Å². The summed E-state index contributed by atoms with van der Waals surface area (Å²) in [6, 6.07) is 0.875. The maximum Gasteiger partial charge on any atom is 0.374 e. The molecule has 16 heavy (non-hydrogen) atoms. The zero-order valence-electron chi connectivity index (χ0n) is 8.89. The van der Waals surface area contributed by atoms with Crippen LogP contribution in [0.5, 0.6) is 0 Å². The quantitative estimate of drug-likeness (QED) is 0.743. The van der Waals surface area contributed by atoms with E-state index in [9.17, 15) is 9.59 Å². The molecule has 1 rings (SSSR count). The zero-order valence-corrected chi connectivity index (χ0v) is 8.89. The van der Waals surface area contributed by atoms with Gasteiger partial charge in [-0.25, -0.2) is 4.79 Å². The Kier molecular flexibility index (Phi) is 4.01. The Morgan fingerprint density at radius 3 is 2.88 bits per heavy atom. The molecule has 0 bridgehead atoms. The van der Waals surface area contributed by atoms with Crippen LogP contribution >= 0.6 is 0 Å². The number of hydrogen-bond donors (Lipinski definition) is 2. The first-order chi connectivity index (χ1) is 7.54. The maximum absolute atomic E-state index is 11.5. The van der Waals surface area contributed by atoms with E-state index in [0.717, 1.165) is 6.07 Å². The highest BCUT2D eigenvalue weighted by Gasteiger charge is 2.17. The number of nitrogens with one attached hydrogen (secondary N) is 1. The minimum Gasteiger partial charge on any atom is -0.475 e. The monoisotopic (exact) mass is 228 g/mol. The predicted octanol–water partition coefficient (Wildman–Crippen LogP) is 0.137. The third kappa shape index (κ3) is 3.06. The van der Waals surface area contributed by atoms with Crippen LogP contribution < -0.4 is 5.32 Å². The molecule has 1 aromatic heterocycles. The molecule has 0 radical (unpaired) electrons. The van der Waals surface area contributed by atoms with Gasteiger partial charge in [-0.05, 0) is 6.92 Å². The summed E-state index contributed by atoms with van der Waals surface area (Å²) in [6.07, 6.45) is 0. The van der Waals surface area contributed by atoms with Gasteiger partial charge in [0.25, 0.3) is 5.91 Å². The molecule has 0 saturated carbocycles. The van der Waals surface area contributed by atoms with Gasteiger partial charge in [0.05, 0.1) is 6.61 Å². The summed E-state index contributed by atoms with van der Waals surface area (Å²) in [5.41, 5.74) is -0.0691. The van der Waals surface area contributed by atoms with Gasteiger partial charge in [0.1, 0.15) is 0 Å². The molecule has 7 nitrogen and oxygen atoms in total. The van der Waals surface area contributed by atoms with E-state index in [-0.39, 0.29) is 17.5 Å². The molecule has 0 saturated heterocycles. The fourth-order valence-electron chi connectivity index (χ4n) is 1.07. The number of hydrogen-bond acceptors (Lipinski definition) is 5. The van der Waals surface area contributed by atoms with Crippen molar-refractivity contribution in [3.05, 3.63) is 17.5 Å². The summed E-state index contributed by atoms with van der Waals surface area (Å²) in [5.74, 6) is -2.14. The smallest absolute Gasteiger partial charge is 0.374 e. The molecule has 1 amide bonds. The summed E-state index contributed by atoms with van der Waals surface area (Å²) in [7, 11) is 1.52.